The quantitative estimate of drug-likeness (QED) is 0.217. The molecule has 0 aliphatic heterocycles. The number of benzene rings is 3. The summed E-state index contributed by atoms with van der Waals surface area (Å²) in [4.78, 5) is 20.7. The molecule has 4 rings (SSSR count). The molecule has 0 saturated carbocycles. The zero-order valence-electron chi connectivity index (χ0n) is 22.9. The molecular formula is C29H31ClN6O3S. The van der Waals surface area contributed by atoms with Crippen molar-refractivity contribution in [1.29, 1.82) is 0 Å². The van der Waals surface area contributed by atoms with Crippen molar-refractivity contribution in [2.24, 2.45) is 0 Å². The highest BCUT2D eigenvalue weighted by molar-refractivity contribution is 7.82. The number of hydrogen-bond donors (Lipinski definition) is 3. The van der Waals surface area contributed by atoms with Gasteiger partial charge in [-0.15, -0.1) is 0 Å². The van der Waals surface area contributed by atoms with Crippen LogP contribution >= 0.6 is 11.6 Å². The second-order valence-corrected chi connectivity index (χ2v) is 11.2. The number of anilines is 4. The van der Waals surface area contributed by atoms with Crippen molar-refractivity contribution in [3.63, 3.8) is 0 Å². The molecule has 0 spiro atoms. The van der Waals surface area contributed by atoms with Gasteiger partial charge in [0.1, 0.15) is 21.8 Å². The molecule has 1 unspecified atom stereocenters. The summed E-state index contributed by atoms with van der Waals surface area (Å²) in [6.45, 7) is 4.00. The summed E-state index contributed by atoms with van der Waals surface area (Å²) in [5, 5.41) is 9.55. The number of nitrogens with one attached hydrogen (secondary N) is 3. The fourth-order valence-electron chi connectivity index (χ4n) is 3.98. The maximum atomic E-state index is 12.7. The average Bonchev–Trinajstić information content (AvgIpc) is 2.94. The summed E-state index contributed by atoms with van der Waals surface area (Å²) in [5.41, 5.74) is 5.39. The van der Waals surface area contributed by atoms with Gasteiger partial charge in [-0.1, -0.05) is 48.0 Å². The molecular weight excluding hydrogens is 548 g/mol. The summed E-state index contributed by atoms with van der Waals surface area (Å²) in [5.74, 6) is 1.23. The molecule has 1 amide bonds. The Labute approximate surface area is 241 Å². The van der Waals surface area contributed by atoms with Crippen molar-refractivity contribution in [1.82, 2.24) is 19.6 Å². The molecule has 0 aliphatic carbocycles. The van der Waals surface area contributed by atoms with Crippen molar-refractivity contribution in [3.05, 3.63) is 83.0 Å². The molecule has 0 saturated heterocycles. The molecule has 4 aromatic rings. The number of ether oxygens (including phenoxy) is 1. The van der Waals surface area contributed by atoms with Gasteiger partial charge in [0.15, 0.2) is 5.82 Å². The third-order valence-corrected chi connectivity index (χ3v) is 7.68. The van der Waals surface area contributed by atoms with Crippen LogP contribution in [0.4, 0.5) is 23.1 Å². The summed E-state index contributed by atoms with van der Waals surface area (Å²) in [6, 6.07) is 19.2. The van der Waals surface area contributed by atoms with Crippen LogP contribution in [0.1, 0.15) is 18.1 Å². The smallest absolute Gasteiger partial charge is 0.229 e. The predicted molar refractivity (Wildman–Crippen MR) is 161 cm³/mol. The van der Waals surface area contributed by atoms with E-state index in [0.29, 0.717) is 45.4 Å². The highest BCUT2D eigenvalue weighted by Gasteiger charge is 2.16. The standard InChI is InChI=1S/C29H31ClN6O3S/c1-18-14-25(26(39-5)15-22(18)21-12-10-20(11-13-21)16-31-19(2)37)34-29-32-17-23(30)28(35-29)33-24-8-6-7-9-27(24)40(38)36(3)4/h6-15,17H,16H2,1-5H3,(H,31,37)(H2,32,33,34,35). The van der Waals surface area contributed by atoms with Gasteiger partial charge in [-0.2, -0.15) is 4.98 Å². The molecule has 3 N–H and O–H groups in total. The van der Waals surface area contributed by atoms with Crippen LogP contribution in [0.3, 0.4) is 0 Å². The van der Waals surface area contributed by atoms with Crippen LogP contribution in [-0.4, -0.2) is 45.6 Å². The SMILES string of the molecule is COc1cc(-c2ccc(CNC(C)=O)cc2)c(C)cc1Nc1ncc(Cl)c(Nc2ccccc2S(=O)N(C)C)n1. The lowest BCUT2D eigenvalue weighted by Crippen LogP contribution is -2.18. The number of methoxy groups -OCH3 is 1. The maximum absolute atomic E-state index is 12.7. The first-order chi connectivity index (χ1) is 19.2. The van der Waals surface area contributed by atoms with Gasteiger partial charge in [0, 0.05) is 13.5 Å². The number of para-hydroxylation sites is 1. The second-order valence-electron chi connectivity index (χ2n) is 9.17. The van der Waals surface area contributed by atoms with Crippen molar-refractivity contribution in [2.75, 3.05) is 31.8 Å². The van der Waals surface area contributed by atoms with Crippen LogP contribution in [0.5, 0.6) is 5.75 Å². The predicted octanol–water partition coefficient (Wildman–Crippen LogP) is 5.82. The van der Waals surface area contributed by atoms with E-state index < -0.39 is 11.0 Å². The Morgan fingerprint density at radius 2 is 1.77 bits per heavy atom. The lowest BCUT2D eigenvalue weighted by atomic mass is 9.98. The second kappa shape index (κ2) is 12.9. The molecule has 208 valence electrons. The van der Waals surface area contributed by atoms with Gasteiger partial charge in [0.25, 0.3) is 0 Å². The fraction of sp³-hybridized carbons (Fsp3) is 0.207. The molecule has 3 aromatic carbocycles. The third-order valence-electron chi connectivity index (χ3n) is 6.00. The minimum absolute atomic E-state index is 0.0640. The maximum Gasteiger partial charge on any atom is 0.229 e. The first kappa shape index (κ1) is 29.0. The van der Waals surface area contributed by atoms with E-state index in [2.05, 4.69) is 25.9 Å². The van der Waals surface area contributed by atoms with Gasteiger partial charge < -0.3 is 20.7 Å². The molecule has 40 heavy (non-hydrogen) atoms. The molecule has 0 fully saturated rings. The van der Waals surface area contributed by atoms with Crippen molar-refractivity contribution in [3.8, 4) is 16.9 Å². The first-order valence-electron chi connectivity index (χ1n) is 12.4. The molecule has 1 aromatic heterocycles. The van der Waals surface area contributed by atoms with Gasteiger partial charge in [-0.3, -0.25) is 4.79 Å². The van der Waals surface area contributed by atoms with Crippen LogP contribution in [-0.2, 0) is 22.3 Å². The average molecular weight is 579 g/mol. The van der Waals surface area contributed by atoms with Crippen molar-refractivity contribution >= 4 is 51.6 Å². The number of aromatic nitrogens is 2. The largest absolute Gasteiger partial charge is 0.495 e. The minimum atomic E-state index is -1.36. The third kappa shape index (κ3) is 6.95. The Bertz CT molecular complexity index is 1550. The Morgan fingerprint density at radius 3 is 2.45 bits per heavy atom. The summed E-state index contributed by atoms with van der Waals surface area (Å²) < 4.78 is 20.1. The lowest BCUT2D eigenvalue weighted by Gasteiger charge is -2.17. The highest BCUT2D eigenvalue weighted by Crippen LogP contribution is 2.36. The van der Waals surface area contributed by atoms with Crippen LogP contribution < -0.4 is 20.7 Å². The van der Waals surface area contributed by atoms with Crippen molar-refractivity contribution in [2.45, 2.75) is 25.3 Å². The summed E-state index contributed by atoms with van der Waals surface area (Å²) >= 11 is 6.42. The lowest BCUT2D eigenvalue weighted by molar-refractivity contribution is -0.119. The van der Waals surface area contributed by atoms with Crippen molar-refractivity contribution < 1.29 is 13.7 Å². The molecule has 11 heteroatoms. The van der Waals surface area contributed by atoms with Crippen LogP contribution in [0.25, 0.3) is 11.1 Å². The number of carbonyl (C=O) groups is 1. The Kier molecular flexibility index (Phi) is 9.36. The van der Waals surface area contributed by atoms with E-state index >= 15 is 0 Å². The van der Waals surface area contributed by atoms with Crippen LogP contribution in [0, 0.1) is 6.92 Å². The van der Waals surface area contributed by atoms with E-state index in [-0.39, 0.29) is 5.91 Å². The number of aryl methyl sites for hydroxylation is 1. The van der Waals surface area contributed by atoms with Crippen LogP contribution in [0.15, 0.2) is 71.8 Å². The highest BCUT2D eigenvalue weighted by atomic mass is 35.5. The molecule has 1 heterocycles. The van der Waals surface area contributed by atoms with E-state index in [1.54, 1.807) is 31.6 Å². The van der Waals surface area contributed by atoms with E-state index in [0.717, 1.165) is 22.3 Å². The zero-order valence-corrected chi connectivity index (χ0v) is 24.5. The Hall–Kier alpha value is -3.99. The topological polar surface area (TPSA) is 108 Å². The molecule has 0 bridgehead atoms. The molecule has 0 aliphatic rings. The van der Waals surface area contributed by atoms with Gasteiger partial charge in [0.2, 0.25) is 11.9 Å². The number of rotatable bonds is 10. The van der Waals surface area contributed by atoms with Gasteiger partial charge >= 0.3 is 0 Å². The monoisotopic (exact) mass is 578 g/mol. The summed E-state index contributed by atoms with van der Waals surface area (Å²) in [7, 11) is 3.74. The van der Waals surface area contributed by atoms with E-state index in [1.165, 1.54) is 13.1 Å². The number of nitrogens with zero attached hydrogens (tertiary/aromatic N) is 3. The molecule has 1 atom stereocenters. The van der Waals surface area contributed by atoms with E-state index in [9.17, 15) is 9.00 Å². The van der Waals surface area contributed by atoms with E-state index in [1.807, 2.05) is 61.5 Å². The van der Waals surface area contributed by atoms with Crippen LogP contribution in [0.2, 0.25) is 5.02 Å². The zero-order chi connectivity index (χ0) is 28.8. The van der Waals surface area contributed by atoms with E-state index in [4.69, 9.17) is 16.3 Å². The molecule has 9 nitrogen and oxygen atoms in total. The number of amides is 1. The normalized spacial score (nSPS) is 11.7. The number of halogens is 1. The summed E-state index contributed by atoms with van der Waals surface area (Å²) in [6.07, 6.45) is 1.50. The Morgan fingerprint density at radius 1 is 1.05 bits per heavy atom. The number of hydrogen-bond acceptors (Lipinski definition) is 7. The minimum Gasteiger partial charge on any atom is -0.495 e. The molecule has 0 radical (unpaired) electrons. The van der Waals surface area contributed by atoms with Gasteiger partial charge in [-0.25, -0.2) is 13.5 Å². The first-order valence-corrected chi connectivity index (χ1v) is 13.9. The van der Waals surface area contributed by atoms with Gasteiger partial charge in [0.05, 0.1) is 29.6 Å². The fourth-order valence-corrected chi connectivity index (χ4v) is 5.01. The number of carbonyl (C=O) groups excluding carboxylic acids is 1. The Balaban J connectivity index is 1.59. The van der Waals surface area contributed by atoms with Gasteiger partial charge in [-0.05, 0) is 67.5 Å².